The van der Waals surface area contributed by atoms with Crippen molar-refractivity contribution < 1.29 is 0 Å². The number of hydrogen-bond donors (Lipinski definition) is 1. The topological polar surface area (TPSA) is 24.9 Å². The normalized spacial score (nSPS) is 14.9. The molecule has 104 valence electrons. The van der Waals surface area contributed by atoms with Gasteiger partial charge in [0, 0.05) is 6.54 Å². The van der Waals surface area contributed by atoms with E-state index in [1.807, 2.05) is 0 Å². The van der Waals surface area contributed by atoms with Crippen molar-refractivity contribution in [1.82, 2.24) is 4.98 Å². The summed E-state index contributed by atoms with van der Waals surface area (Å²) in [5, 5.41) is 5.85. The molecule has 0 bridgehead atoms. The van der Waals surface area contributed by atoms with Crippen LogP contribution in [0.25, 0.3) is 12.2 Å². The Morgan fingerprint density at radius 3 is 2.90 bits per heavy atom. The number of aryl methyl sites for hydroxylation is 3. The molecular formula is C17H20N2S. The molecule has 1 aromatic carbocycles. The van der Waals surface area contributed by atoms with Crippen LogP contribution in [-0.4, -0.2) is 11.5 Å². The summed E-state index contributed by atoms with van der Waals surface area (Å²) in [7, 11) is 0. The first-order valence-electron chi connectivity index (χ1n) is 7.21. The van der Waals surface area contributed by atoms with Crippen molar-refractivity contribution in [2.45, 2.75) is 33.1 Å². The second kappa shape index (κ2) is 5.80. The second-order valence-electron chi connectivity index (χ2n) is 5.39. The number of rotatable bonds is 2. The Morgan fingerprint density at radius 1 is 1.15 bits per heavy atom. The fourth-order valence-electron chi connectivity index (χ4n) is 2.40. The molecule has 20 heavy (non-hydrogen) atoms. The molecule has 2 nitrogen and oxygen atoms in total. The summed E-state index contributed by atoms with van der Waals surface area (Å²) in [6.45, 7) is 5.38. The summed E-state index contributed by atoms with van der Waals surface area (Å²) in [4.78, 5) is 4.74. The molecule has 0 spiro atoms. The molecule has 0 unspecified atom stereocenters. The zero-order chi connectivity index (χ0) is 13.9. The van der Waals surface area contributed by atoms with Crippen molar-refractivity contribution >= 4 is 28.5 Å². The summed E-state index contributed by atoms with van der Waals surface area (Å²) in [6.07, 6.45) is 7.88. The van der Waals surface area contributed by atoms with Crippen molar-refractivity contribution in [1.29, 1.82) is 0 Å². The maximum absolute atomic E-state index is 4.74. The summed E-state index contributed by atoms with van der Waals surface area (Å²) in [5.74, 6) is 0. The first-order valence-corrected chi connectivity index (χ1v) is 8.03. The highest BCUT2D eigenvalue weighted by Gasteiger charge is 2.12. The van der Waals surface area contributed by atoms with Gasteiger partial charge in [0.15, 0.2) is 0 Å². The third-order valence-electron chi connectivity index (χ3n) is 3.79. The third-order valence-corrected chi connectivity index (χ3v) is 4.81. The van der Waals surface area contributed by atoms with Gasteiger partial charge >= 0.3 is 0 Å². The lowest BCUT2D eigenvalue weighted by molar-refractivity contribution is 0.774. The van der Waals surface area contributed by atoms with Crippen molar-refractivity contribution in [3.8, 4) is 0 Å². The van der Waals surface area contributed by atoms with Gasteiger partial charge in [-0.15, -0.1) is 0 Å². The van der Waals surface area contributed by atoms with E-state index in [-0.39, 0.29) is 0 Å². The van der Waals surface area contributed by atoms with Crippen molar-refractivity contribution in [3.05, 3.63) is 45.6 Å². The first-order chi connectivity index (χ1) is 9.72. The van der Waals surface area contributed by atoms with Crippen LogP contribution in [0.15, 0.2) is 18.2 Å². The molecule has 1 aliphatic rings. The Kier molecular flexibility index (Phi) is 3.88. The number of nitrogens with one attached hydrogen (secondary N) is 1. The highest BCUT2D eigenvalue weighted by molar-refractivity contribution is 7.16. The number of hydrogen-bond acceptors (Lipinski definition) is 3. The average Bonchev–Trinajstić information content (AvgIpc) is 2.70. The van der Waals surface area contributed by atoms with Gasteiger partial charge in [0.1, 0.15) is 10.0 Å². The third kappa shape index (κ3) is 2.93. The fourth-order valence-corrected chi connectivity index (χ4v) is 3.34. The zero-order valence-electron chi connectivity index (χ0n) is 12.1. The monoisotopic (exact) mass is 284 g/mol. The minimum absolute atomic E-state index is 1.08. The highest BCUT2D eigenvalue weighted by Crippen LogP contribution is 2.29. The van der Waals surface area contributed by atoms with Crippen LogP contribution in [-0.2, 0) is 6.42 Å². The van der Waals surface area contributed by atoms with Crippen LogP contribution in [0.1, 0.15) is 40.2 Å². The quantitative estimate of drug-likeness (QED) is 0.866. The molecule has 1 aliphatic heterocycles. The van der Waals surface area contributed by atoms with E-state index in [9.17, 15) is 0 Å². The Balaban J connectivity index is 1.80. The number of anilines is 1. The predicted octanol–water partition coefficient (Wildman–Crippen LogP) is 4.68. The highest BCUT2D eigenvalue weighted by atomic mass is 32.1. The van der Waals surface area contributed by atoms with Gasteiger partial charge in [-0.2, -0.15) is 0 Å². The van der Waals surface area contributed by atoms with Crippen molar-refractivity contribution in [2.24, 2.45) is 0 Å². The van der Waals surface area contributed by atoms with Gasteiger partial charge in [0.25, 0.3) is 0 Å². The lowest BCUT2D eigenvalue weighted by Crippen LogP contribution is -1.96. The molecule has 0 atom stereocenters. The Hall–Kier alpha value is -1.61. The van der Waals surface area contributed by atoms with E-state index in [1.165, 1.54) is 40.2 Å². The van der Waals surface area contributed by atoms with E-state index in [0.29, 0.717) is 0 Å². The molecule has 2 aromatic rings. The van der Waals surface area contributed by atoms with Crippen molar-refractivity contribution in [3.63, 3.8) is 0 Å². The molecular weight excluding hydrogens is 264 g/mol. The lowest BCUT2D eigenvalue weighted by Gasteiger charge is -2.00. The fraction of sp³-hybridized carbons (Fsp3) is 0.353. The van der Waals surface area contributed by atoms with E-state index in [1.54, 1.807) is 11.3 Å². The van der Waals surface area contributed by atoms with E-state index >= 15 is 0 Å². The molecule has 0 aliphatic carbocycles. The number of thiazole rings is 1. The Morgan fingerprint density at radius 2 is 2.05 bits per heavy atom. The van der Waals surface area contributed by atoms with Gasteiger partial charge in [-0.25, -0.2) is 4.98 Å². The van der Waals surface area contributed by atoms with Gasteiger partial charge in [-0.3, -0.25) is 0 Å². The molecule has 0 saturated carbocycles. The summed E-state index contributed by atoms with van der Waals surface area (Å²) < 4.78 is 0. The van der Waals surface area contributed by atoms with E-state index in [2.05, 4.69) is 49.5 Å². The molecule has 3 heteroatoms. The molecule has 0 saturated heterocycles. The molecule has 1 aromatic heterocycles. The van der Waals surface area contributed by atoms with Crippen LogP contribution < -0.4 is 5.32 Å². The average molecular weight is 284 g/mol. The maximum Gasteiger partial charge on any atom is 0.118 e. The van der Waals surface area contributed by atoms with E-state index < -0.39 is 0 Å². The van der Waals surface area contributed by atoms with Gasteiger partial charge in [0.2, 0.25) is 0 Å². The zero-order valence-corrected chi connectivity index (χ0v) is 12.9. The van der Waals surface area contributed by atoms with Gasteiger partial charge in [0.05, 0.1) is 5.69 Å². The summed E-state index contributed by atoms with van der Waals surface area (Å²) in [5.41, 5.74) is 5.16. The summed E-state index contributed by atoms with van der Waals surface area (Å²) in [6, 6.07) is 6.56. The molecule has 3 rings (SSSR count). The number of fused-ring (bicyclic) bond motifs is 1. The van der Waals surface area contributed by atoms with Crippen LogP contribution in [0, 0.1) is 13.8 Å². The van der Waals surface area contributed by atoms with Crippen LogP contribution in [0.5, 0.6) is 0 Å². The van der Waals surface area contributed by atoms with E-state index in [0.717, 1.165) is 18.0 Å². The van der Waals surface area contributed by atoms with Crippen molar-refractivity contribution in [2.75, 3.05) is 11.9 Å². The minimum atomic E-state index is 1.08. The van der Waals surface area contributed by atoms with Gasteiger partial charge in [-0.1, -0.05) is 35.6 Å². The Bertz CT molecular complexity index is 617. The second-order valence-corrected chi connectivity index (χ2v) is 6.42. The Labute approximate surface area is 124 Å². The number of nitrogens with zero attached hydrogens (tertiary/aromatic N) is 1. The first kappa shape index (κ1) is 13.4. The molecule has 1 N–H and O–H groups in total. The standard InChI is InChI=1S/C17H20N2S/c1-12-6-7-14(11-13(12)2)8-9-16-19-15-5-3-4-10-18-17(15)20-16/h6-9,11,18H,3-5,10H2,1-2H3. The number of aromatic nitrogens is 1. The maximum atomic E-state index is 4.74. The lowest BCUT2D eigenvalue weighted by atomic mass is 10.1. The van der Waals surface area contributed by atoms with Crippen LogP contribution in [0.3, 0.4) is 0 Å². The number of benzene rings is 1. The largest absolute Gasteiger partial charge is 0.375 e. The smallest absolute Gasteiger partial charge is 0.118 e. The minimum Gasteiger partial charge on any atom is -0.375 e. The summed E-state index contributed by atoms with van der Waals surface area (Å²) >= 11 is 1.77. The van der Waals surface area contributed by atoms with E-state index in [4.69, 9.17) is 4.98 Å². The van der Waals surface area contributed by atoms with Crippen LogP contribution in [0.2, 0.25) is 0 Å². The SMILES string of the molecule is Cc1ccc(C=Cc2nc3c(s2)NCCCC3)cc1C. The predicted molar refractivity (Wildman–Crippen MR) is 88.4 cm³/mol. The van der Waals surface area contributed by atoms with Crippen LogP contribution >= 0.6 is 11.3 Å². The van der Waals surface area contributed by atoms with Gasteiger partial charge in [-0.05, 0) is 55.9 Å². The molecule has 0 radical (unpaired) electrons. The van der Waals surface area contributed by atoms with Gasteiger partial charge < -0.3 is 5.32 Å². The molecule has 2 heterocycles. The molecule has 0 amide bonds. The van der Waals surface area contributed by atoms with Crippen LogP contribution in [0.4, 0.5) is 5.00 Å². The molecule has 0 fully saturated rings.